The van der Waals surface area contributed by atoms with Gasteiger partial charge in [-0.2, -0.15) is 0 Å². The molecule has 0 radical (unpaired) electrons. The van der Waals surface area contributed by atoms with Crippen molar-refractivity contribution in [3.05, 3.63) is 0 Å². The Hall–Kier alpha value is -0.600. The Morgan fingerprint density at radius 1 is 0.550 bits per heavy atom. The van der Waals surface area contributed by atoms with Crippen molar-refractivity contribution in [2.24, 2.45) is 0 Å². The highest BCUT2D eigenvalue weighted by Crippen LogP contribution is 2.29. The number of hydrogen-bond acceptors (Lipinski definition) is 15. The molecule has 0 aromatic rings. The summed E-state index contributed by atoms with van der Waals surface area (Å²) in [5.41, 5.74) is 0. The van der Waals surface area contributed by atoms with Gasteiger partial charge in [0.25, 0.3) is 0 Å². The van der Waals surface area contributed by atoms with Crippen molar-refractivity contribution in [1.82, 2.24) is 0 Å². The number of aliphatic hydroxyl groups is 8. The molecule has 236 valence electrons. The van der Waals surface area contributed by atoms with Crippen molar-refractivity contribution < 1.29 is 74.0 Å². The number of rotatable bonds is 13. The molecule has 15 nitrogen and oxygen atoms in total. The Morgan fingerprint density at radius 2 is 0.975 bits per heavy atom. The molecule has 6 unspecified atom stereocenters. The van der Waals surface area contributed by atoms with Crippen LogP contribution in [0.4, 0.5) is 0 Å². The van der Waals surface area contributed by atoms with Gasteiger partial charge in [-0.25, -0.2) is 0 Å². The molecule has 15 atom stereocenters. The summed E-state index contributed by atoms with van der Waals surface area (Å²) in [4.78, 5) is 0. The van der Waals surface area contributed by atoms with Crippen molar-refractivity contribution in [2.45, 2.75) is 111 Å². The lowest BCUT2D eigenvalue weighted by Gasteiger charge is -2.45. The highest BCUT2D eigenvalue weighted by Gasteiger charge is 2.48. The predicted octanol–water partition coefficient (Wildman–Crippen LogP) is -4.33. The molecule has 15 heteroatoms. The summed E-state index contributed by atoms with van der Waals surface area (Å²) in [5, 5.41) is 82.2. The molecule has 0 spiro atoms. The van der Waals surface area contributed by atoms with Crippen molar-refractivity contribution >= 4 is 0 Å². The van der Waals surface area contributed by atoms with Gasteiger partial charge in [-0.1, -0.05) is 6.92 Å². The maximum absolute atomic E-state index is 11.0. The normalized spacial score (nSPS) is 46.4. The zero-order chi connectivity index (χ0) is 29.6. The van der Waals surface area contributed by atoms with E-state index < -0.39 is 105 Å². The SMILES string of the molecule is CC[C@@H]1OC(COCC[C@@H]2OC(CO)[C@@H](O)[C@@H](OC)C2O)[C@@H](O)[C@@H](OC[C@@H]2OC(CO)[C@@H](O)[C@@H](OC)C2O)C1O. The van der Waals surface area contributed by atoms with Gasteiger partial charge in [0.2, 0.25) is 0 Å². The fourth-order valence-electron chi connectivity index (χ4n) is 5.55. The molecule has 0 aromatic carbocycles. The van der Waals surface area contributed by atoms with E-state index in [0.717, 1.165) is 0 Å². The van der Waals surface area contributed by atoms with Crippen LogP contribution in [0.1, 0.15) is 19.8 Å². The van der Waals surface area contributed by atoms with E-state index in [1.54, 1.807) is 6.92 Å². The second-order valence-corrected chi connectivity index (χ2v) is 10.4. The van der Waals surface area contributed by atoms with Gasteiger partial charge in [0.15, 0.2) is 0 Å². The van der Waals surface area contributed by atoms with Crippen molar-refractivity contribution in [3.63, 3.8) is 0 Å². The average molecular weight is 587 g/mol. The minimum absolute atomic E-state index is 0.0786. The molecule has 3 aliphatic heterocycles. The minimum atomic E-state index is -1.32. The van der Waals surface area contributed by atoms with Crippen molar-refractivity contribution in [2.75, 3.05) is 47.3 Å². The van der Waals surface area contributed by atoms with E-state index in [4.69, 9.17) is 33.2 Å². The third-order valence-corrected chi connectivity index (χ3v) is 7.94. The Kier molecular flexibility index (Phi) is 13.3. The molecule has 0 bridgehead atoms. The molecular formula is C25H46O15. The van der Waals surface area contributed by atoms with Crippen LogP contribution in [-0.4, -0.2) is 180 Å². The van der Waals surface area contributed by atoms with Crippen molar-refractivity contribution in [1.29, 1.82) is 0 Å². The Bertz CT molecular complexity index is 732. The van der Waals surface area contributed by atoms with E-state index in [-0.39, 0.29) is 26.2 Å². The van der Waals surface area contributed by atoms with Gasteiger partial charge in [0, 0.05) is 20.8 Å². The second-order valence-electron chi connectivity index (χ2n) is 10.4. The van der Waals surface area contributed by atoms with Crippen LogP contribution in [-0.2, 0) is 33.2 Å². The summed E-state index contributed by atoms with van der Waals surface area (Å²) < 4.78 is 38.9. The lowest BCUT2D eigenvalue weighted by atomic mass is 9.93. The maximum atomic E-state index is 11.0. The molecule has 40 heavy (non-hydrogen) atoms. The third-order valence-electron chi connectivity index (χ3n) is 7.94. The number of ether oxygens (including phenoxy) is 7. The molecule has 3 rings (SSSR count). The first-order chi connectivity index (χ1) is 19.1. The van der Waals surface area contributed by atoms with Crippen LogP contribution in [0.3, 0.4) is 0 Å². The standard InChI is InChI=1S/C25H46O15/c1-4-11-17(28)25(37-10-16-21(32)24(35-3)20(31)14(8-27)40-16)22(33)15(38-11)9-36-6-5-12-18(29)23(34-2)19(30)13(7-26)39-12/h11-33H,4-10H2,1-3H3/t11-,12-,13?,14?,15?,16-,17?,18?,19+,20+,21?,22+,23-,24+,25-/m0/s1. The molecule has 3 aliphatic rings. The summed E-state index contributed by atoms with van der Waals surface area (Å²) in [6, 6.07) is 0. The van der Waals surface area contributed by atoms with Gasteiger partial charge in [0.05, 0.1) is 38.6 Å². The molecule has 3 heterocycles. The predicted molar refractivity (Wildman–Crippen MR) is 133 cm³/mol. The molecule has 0 amide bonds. The molecule has 0 aromatic heterocycles. The van der Waals surface area contributed by atoms with E-state index in [9.17, 15) is 40.9 Å². The zero-order valence-electron chi connectivity index (χ0n) is 23.0. The quantitative estimate of drug-likeness (QED) is 0.0955. The van der Waals surface area contributed by atoms with Gasteiger partial charge >= 0.3 is 0 Å². The smallest absolute Gasteiger partial charge is 0.114 e. The van der Waals surface area contributed by atoms with Gasteiger partial charge in [0.1, 0.15) is 79.4 Å². The minimum Gasteiger partial charge on any atom is -0.394 e. The maximum Gasteiger partial charge on any atom is 0.114 e. The lowest BCUT2D eigenvalue weighted by molar-refractivity contribution is -0.273. The largest absolute Gasteiger partial charge is 0.394 e. The second kappa shape index (κ2) is 15.7. The summed E-state index contributed by atoms with van der Waals surface area (Å²) >= 11 is 0. The van der Waals surface area contributed by atoms with E-state index in [0.29, 0.717) is 6.42 Å². The van der Waals surface area contributed by atoms with Crippen LogP contribution in [0.2, 0.25) is 0 Å². The molecule has 3 saturated heterocycles. The number of methoxy groups -OCH3 is 2. The molecule has 3 fully saturated rings. The Labute approximate surface area is 233 Å². The fourth-order valence-corrected chi connectivity index (χ4v) is 5.55. The van der Waals surface area contributed by atoms with Gasteiger partial charge < -0.3 is 74.0 Å². The first-order valence-corrected chi connectivity index (χ1v) is 13.6. The molecule has 0 aliphatic carbocycles. The summed E-state index contributed by atoms with van der Waals surface area (Å²) in [7, 11) is 2.65. The number of aliphatic hydroxyl groups excluding tert-OH is 8. The Morgan fingerprint density at radius 3 is 1.50 bits per heavy atom. The monoisotopic (exact) mass is 586 g/mol. The van der Waals surface area contributed by atoms with Crippen LogP contribution >= 0.6 is 0 Å². The topological polar surface area (TPSA) is 226 Å². The summed E-state index contributed by atoms with van der Waals surface area (Å²) in [6.07, 6.45) is -15.2. The number of hydrogen-bond donors (Lipinski definition) is 8. The van der Waals surface area contributed by atoms with E-state index in [1.165, 1.54) is 14.2 Å². The van der Waals surface area contributed by atoms with Crippen LogP contribution in [0.25, 0.3) is 0 Å². The Balaban J connectivity index is 1.55. The zero-order valence-corrected chi connectivity index (χ0v) is 23.0. The highest BCUT2D eigenvalue weighted by molar-refractivity contribution is 4.96. The van der Waals surface area contributed by atoms with Crippen LogP contribution in [0.15, 0.2) is 0 Å². The van der Waals surface area contributed by atoms with Crippen molar-refractivity contribution in [3.8, 4) is 0 Å². The van der Waals surface area contributed by atoms with Gasteiger partial charge in [-0.15, -0.1) is 0 Å². The molecular weight excluding hydrogens is 540 g/mol. The van der Waals surface area contributed by atoms with E-state index in [2.05, 4.69) is 0 Å². The highest BCUT2D eigenvalue weighted by atomic mass is 16.6. The first kappa shape index (κ1) is 33.9. The molecule has 0 saturated carbocycles. The van der Waals surface area contributed by atoms with Crippen LogP contribution in [0.5, 0.6) is 0 Å². The summed E-state index contributed by atoms with van der Waals surface area (Å²) in [5.74, 6) is 0. The first-order valence-electron chi connectivity index (χ1n) is 13.6. The van der Waals surface area contributed by atoms with E-state index >= 15 is 0 Å². The molecule has 8 N–H and O–H groups in total. The van der Waals surface area contributed by atoms with Crippen LogP contribution < -0.4 is 0 Å². The summed E-state index contributed by atoms with van der Waals surface area (Å²) in [6.45, 7) is 0.550. The van der Waals surface area contributed by atoms with Gasteiger partial charge in [-0.05, 0) is 12.8 Å². The van der Waals surface area contributed by atoms with Gasteiger partial charge in [-0.3, -0.25) is 0 Å². The van der Waals surface area contributed by atoms with Crippen LogP contribution in [0, 0.1) is 0 Å². The lowest BCUT2D eigenvalue weighted by Crippen LogP contribution is -2.62. The third kappa shape index (κ3) is 7.48. The van der Waals surface area contributed by atoms with E-state index in [1.807, 2.05) is 0 Å². The average Bonchev–Trinajstić information content (AvgIpc) is 2.94. The fraction of sp³-hybridized carbons (Fsp3) is 1.00.